The second-order valence-corrected chi connectivity index (χ2v) is 10.5. The van der Waals surface area contributed by atoms with E-state index < -0.39 is 16.0 Å². The van der Waals surface area contributed by atoms with Crippen LogP contribution in [0.3, 0.4) is 0 Å². The van der Waals surface area contributed by atoms with Gasteiger partial charge in [-0.05, 0) is 47.4 Å². The average Bonchev–Trinajstić information content (AvgIpc) is 2.83. The monoisotopic (exact) mass is 515 g/mol. The number of carbonyl (C=O) groups is 1. The molecule has 0 aliphatic carbocycles. The molecule has 0 saturated heterocycles. The number of carboxylic acids is 1. The molecule has 3 aromatic rings. The molecule has 0 radical (unpaired) electrons. The lowest BCUT2D eigenvalue weighted by atomic mass is 9.87. The number of aromatic carboxylic acids is 1. The molecular weight excluding hydrogens is 486 g/mol. The number of ether oxygens (including phenoxy) is 3. The Morgan fingerprint density at radius 1 is 0.972 bits per heavy atom. The number of rotatable bonds is 10. The Balaban J connectivity index is 2.12. The van der Waals surface area contributed by atoms with Gasteiger partial charge in [0.05, 0.1) is 29.9 Å². The van der Waals surface area contributed by atoms with Gasteiger partial charge in [0.25, 0.3) is 10.0 Å². The van der Waals surface area contributed by atoms with Crippen molar-refractivity contribution in [3.8, 4) is 23.0 Å². The number of nitrogens with one attached hydrogen (secondary N) is 1. The van der Waals surface area contributed by atoms with Gasteiger partial charge in [-0.1, -0.05) is 45.0 Å². The zero-order valence-corrected chi connectivity index (χ0v) is 21.3. The topological polar surface area (TPSA) is 131 Å². The second kappa shape index (κ2) is 10.9. The van der Waals surface area contributed by atoms with Crippen LogP contribution in [0, 0.1) is 0 Å². The van der Waals surface area contributed by atoms with E-state index >= 15 is 0 Å². The lowest BCUT2D eigenvalue weighted by Crippen LogP contribution is -2.16. The van der Waals surface area contributed by atoms with Gasteiger partial charge in [0.2, 0.25) is 0 Å². The third-order valence-corrected chi connectivity index (χ3v) is 6.59. The van der Waals surface area contributed by atoms with Crippen molar-refractivity contribution in [2.24, 2.45) is 0 Å². The van der Waals surface area contributed by atoms with Crippen LogP contribution in [-0.2, 0) is 15.4 Å². The number of para-hydroxylation sites is 2. The van der Waals surface area contributed by atoms with Gasteiger partial charge in [-0.3, -0.25) is 4.72 Å². The first-order valence-electron chi connectivity index (χ1n) is 11.1. The SMILES string of the molecule is COc1ccccc1Oc1c(NS(=O)(=O)c2ccc(C(C)(C)C)cc2)cc(C(=O)O)cc1OCCO. The van der Waals surface area contributed by atoms with Crippen LogP contribution in [-0.4, -0.2) is 44.9 Å². The quantitative estimate of drug-likeness (QED) is 0.355. The van der Waals surface area contributed by atoms with Crippen LogP contribution in [0.25, 0.3) is 0 Å². The molecule has 0 heterocycles. The minimum absolute atomic E-state index is 0.0164. The number of benzene rings is 3. The molecule has 0 bridgehead atoms. The maximum absolute atomic E-state index is 13.3. The Labute approximate surface area is 210 Å². The molecule has 0 aromatic heterocycles. The molecule has 9 nitrogen and oxygen atoms in total. The van der Waals surface area contributed by atoms with Crippen molar-refractivity contribution in [1.29, 1.82) is 0 Å². The zero-order chi connectivity index (χ0) is 26.5. The number of aliphatic hydroxyl groups is 1. The normalized spacial score (nSPS) is 11.6. The lowest BCUT2D eigenvalue weighted by Gasteiger charge is -2.20. The Hall–Kier alpha value is -3.76. The number of sulfonamides is 1. The van der Waals surface area contributed by atoms with Crippen molar-refractivity contribution in [3.05, 3.63) is 71.8 Å². The number of carboxylic acid groups (broad SMARTS) is 1. The molecule has 3 rings (SSSR count). The molecule has 0 saturated carbocycles. The number of aliphatic hydroxyl groups excluding tert-OH is 1. The highest BCUT2D eigenvalue weighted by molar-refractivity contribution is 7.92. The highest BCUT2D eigenvalue weighted by atomic mass is 32.2. The van der Waals surface area contributed by atoms with Crippen LogP contribution in [0.1, 0.15) is 36.7 Å². The fourth-order valence-electron chi connectivity index (χ4n) is 3.32. The van der Waals surface area contributed by atoms with Crippen LogP contribution in [0.2, 0.25) is 0 Å². The van der Waals surface area contributed by atoms with Gasteiger partial charge in [0.1, 0.15) is 6.61 Å². The summed E-state index contributed by atoms with van der Waals surface area (Å²) in [5.41, 5.74) is 0.388. The molecule has 192 valence electrons. The van der Waals surface area contributed by atoms with Gasteiger partial charge in [0.15, 0.2) is 23.0 Å². The summed E-state index contributed by atoms with van der Waals surface area (Å²) >= 11 is 0. The molecule has 0 aliphatic rings. The third kappa shape index (κ3) is 6.27. The fourth-order valence-corrected chi connectivity index (χ4v) is 4.37. The third-order valence-electron chi connectivity index (χ3n) is 5.21. The maximum atomic E-state index is 13.3. The fraction of sp³-hybridized carbons (Fsp3) is 0.269. The van der Waals surface area contributed by atoms with Crippen LogP contribution in [0.5, 0.6) is 23.0 Å². The van der Waals surface area contributed by atoms with E-state index in [0.29, 0.717) is 5.75 Å². The van der Waals surface area contributed by atoms with E-state index in [1.54, 1.807) is 36.4 Å². The summed E-state index contributed by atoms with van der Waals surface area (Å²) in [4.78, 5) is 11.8. The first-order valence-corrected chi connectivity index (χ1v) is 12.5. The van der Waals surface area contributed by atoms with Gasteiger partial charge in [-0.2, -0.15) is 0 Å². The van der Waals surface area contributed by atoms with Gasteiger partial charge in [-0.25, -0.2) is 13.2 Å². The van der Waals surface area contributed by atoms with E-state index in [1.807, 2.05) is 20.8 Å². The van der Waals surface area contributed by atoms with Crippen LogP contribution in [0.4, 0.5) is 5.69 Å². The van der Waals surface area contributed by atoms with Crippen LogP contribution >= 0.6 is 0 Å². The summed E-state index contributed by atoms with van der Waals surface area (Å²) in [5, 5.41) is 18.8. The predicted octanol–water partition coefficient (Wildman–Crippen LogP) is 4.66. The van der Waals surface area contributed by atoms with Crippen molar-refractivity contribution in [2.45, 2.75) is 31.1 Å². The van der Waals surface area contributed by atoms with E-state index in [4.69, 9.17) is 14.2 Å². The Morgan fingerprint density at radius 2 is 1.61 bits per heavy atom. The van der Waals surface area contributed by atoms with Gasteiger partial charge in [0, 0.05) is 0 Å². The minimum Gasteiger partial charge on any atom is -0.493 e. The summed E-state index contributed by atoms with van der Waals surface area (Å²) in [6.07, 6.45) is 0. The summed E-state index contributed by atoms with van der Waals surface area (Å²) in [5.74, 6) is -0.863. The molecule has 0 spiro atoms. The first-order chi connectivity index (χ1) is 17.0. The summed E-state index contributed by atoms with van der Waals surface area (Å²) in [6, 6.07) is 15.4. The van der Waals surface area contributed by atoms with Crippen molar-refractivity contribution >= 4 is 21.7 Å². The molecule has 0 unspecified atom stereocenters. The second-order valence-electron chi connectivity index (χ2n) is 8.86. The number of hydrogen-bond donors (Lipinski definition) is 3. The Morgan fingerprint density at radius 3 is 2.17 bits per heavy atom. The average molecular weight is 516 g/mol. The molecular formula is C26H29NO8S. The molecule has 0 fully saturated rings. The summed E-state index contributed by atoms with van der Waals surface area (Å²) < 4.78 is 45.8. The Kier molecular flexibility index (Phi) is 8.11. The van der Waals surface area contributed by atoms with Crippen molar-refractivity contribution in [2.75, 3.05) is 25.0 Å². The molecule has 0 atom stereocenters. The Bertz CT molecular complexity index is 1330. The zero-order valence-electron chi connectivity index (χ0n) is 20.4. The predicted molar refractivity (Wildman–Crippen MR) is 135 cm³/mol. The van der Waals surface area contributed by atoms with Gasteiger partial charge >= 0.3 is 5.97 Å². The number of methoxy groups -OCH3 is 1. The van der Waals surface area contributed by atoms with E-state index in [9.17, 15) is 23.4 Å². The summed E-state index contributed by atoms with van der Waals surface area (Å²) in [6.45, 7) is 5.52. The maximum Gasteiger partial charge on any atom is 0.335 e. The van der Waals surface area contributed by atoms with E-state index in [1.165, 1.54) is 25.3 Å². The molecule has 0 amide bonds. The first kappa shape index (κ1) is 26.8. The van der Waals surface area contributed by atoms with Crippen molar-refractivity contribution in [1.82, 2.24) is 0 Å². The number of hydrogen-bond acceptors (Lipinski definition) is 7. The van der Waals surface area contributed by atoms with Crippen LogP contribution < -0.4 is 18.9 Å². The smallest absolute Gasteiger partial charge is 0.335 e. The highest BCUT2D eigenvalue weighted by Gasteiger charge is 2.24. The summed E-state index contributed by atoms with van der Waals surface area (Å²) in [7, 11) is -2.70. The van der Waals surface area contributed by atoms with Crippen molar-refractivity contribution < 1.29 is 37.6 Å². The highest BCUT2D eigenvalue weighted by Crippen LogP contribution is 2.43. The number of anilines is 1. The van der Waals surface area contributed by atoms with Crippen molar-refractivity contribution in [3.63, 3.8) is 0 Å². The molecule has 36 heavy (non-hydrogen) atoms. The standard InChI is InChI=1S/C26H29NO8S/c1-26(2,3)18-9-11-19(12-10-18)36(31,32)27-20-15-17(25(29)30)16-23(34-14-13-28)24(20)35-22-8-6-5-7-21(22)33-4/h5-12,15-16,27-28H,13-14H2,1-4H3,(H,29,30). The van der Waals surface area contributed by atoms with Gasteiger partial charge < -0.3 is 24.4 Å². The largest absolute Gasteiger partial charge is 0.493 e. The molecule has 3 aromatic carbocycles. The minimum atomic E-state index is -4.14. The molecule has 3 N–H and O–H groups in total. The lowest BCUT2D eigenvalue weighted by molar-refractivity contribution is 0.0696. The van der Waals surface area contributed by atoms with Crippen LogP contribution in [0.15, 0.2) is 65.6 Å². The van der Waals surface area contributed by atoms with E-state index in [2.05, 4.69) is 4.72 Å². The van der Waals surface area contributed by atoms with E-state index in [-0.39, 0.29) is 52.0 Å². The van der Waals surface area contributed by atoms with E-state index in [0.717, 1.165) is 11.6 Å². The molecule has 0 aliphatic heterocycles. The van der Waals surface area contributed by atoms with Gasteiger partial charge in [-0.15, -0.1) is 0 Å². The molecule has 10 heteroatoms.